The second kappa shape index (κ2) is 9.64. The van der Waals surface area contributed by atoms with Crippen LogP contribution in [0.15, 0.2) is 5.10 Å². The van der Waals surface area contributed by atoms with Crippen LogP contribution in [-0.2, 0) is 9.59 Å². The predicted octanol–water partition coefficient (Wildman–Crippen LogP) is -1.50. The first-order valence-electron chi connectivity index (χ1n) is 6.39. The van der Waals surface area contributed by atoms with Gasteiger partial charge in [0, 0.05) is 6.54 Å². The Labute approximate surface area is 122 Å². The van der Waals surface area contributed by atoms with Crippen LogP contribution in [0.1, 0.15) is 19.8 Å². The van der Waals surface area contributed by atoms with Crippen molar-refractivity contribution in [2.75, 3.05) is 27.2 Å². The summed E-state index contributed by atoms with van der Waals surface area (Å²) in [7, 11) is 3.51. The fourth-order valence-electron chi connectivity index (χ4n) is 1.55. The van der Waals surface area contributed by atoms with Gasteiger partial charge in [0.1, 0.15) is 5.10 Å². The zero-order valence-corrected chi connectivity index (χ0v) is 12.5. The van der Waals surface area contributed by atoms with E-state index in [0.29, 0.717) is 19.4 Å². The van der Waals surface area contributed by atoms with Gasteiger partial charge in [0.05, 0.1) is 12.6 Å². The van der Waals surface area contributed by atoms with Gasteiger partial charge in [0.15, 0.2) is 10.8 Å². The van der Waals surface area contributed by atoms with Crippen molar-refractivity contribution in [3.63, 3.8) is 0 Å². The summed E-state index contributed by atoms with van der Waals surface area (Å²) < 4.78 is 0. The second-order valence-electron chi connectivity index (χ2n) is 4.76. The molecule has 0 aromatic rings. The van der Waals surface area contributed by atoms with E-state index in [1.807, 2.05) is 0 Å². The lowest BCUT2D eigenvalue weighted by Gasteiger charge is -2.17. The van der Waals surface area contributed by atoms with Crippen molar-refractivity contribution in [3.8, 4) is 0 Å². The number of hydrogen-bond acceptors (Lipinski definition) is 5. The van der Waals surface area contributed by atoms with Crippen molar-refractivity contribution in [2.24, 2.45) is 10.8 Å². The third-order valence-corrected chi connectivity index (χ3v) is 2.45. The second-order valence-corrected chi connectivity index (χ2v) is 4.76. The van der Waals surface area contributed by atoms with Gasteiger partial charge < -0.3 is 21.3 Å². The molecule has 0 bridgehead atoms. The molecule has 1 atom stereocenters. The van der Waals surface area contributed by atoms with E-state index in [2.05, 4.69) is 15.7 Å². The highest BCUT2D eigenvalue weighted by Crippen LogP contribution is 1.98. The topological polar surface area (TPSA) is 143 Å². The summed E-state index contributed by atoms with van der Waals surface area (Å²) in [5.41, 5.74) is 5.24. The molecule has 0 aliphatic rings. The highest BCUT2D eigenvalue weighted by Gasteiger charge is 2.16. The van der Waals surface area contributed by atoms with Crippen molar-refractivity contribution in [1.82, 2.24) is 15.5 Å². The smallest absolute Gasteiger partial charge is 0.266 e. The molecule has 0 saturated heterocycles. The minimum atomic E-state index is -0.901. The Morgan fingerprint density at radius 2 is 2.05 bits per heavy atom. The normalized spacial score (nSPS) is 12.9. The molecule has 10 nitrogen and oxygen atoms in total. The number of nitro groups is 1. The van der Waals surface area contributed by atoms with Crippen molar-refractivity contribution in [2.45, 2.75) is 25.8 Å². The quantitative estimate of drug-likeness (QED) is 0.154. The molecule has 4 N–H and O–H groups in total. The Balaban J connectivity index is 4.14. The number of hydrogen-bond donors (Lipinski definition) is 3. The summed E-state index contributed by atoms with van der Waals surface area (Å²) in [6.45, 7) is 1.91. The zero-order valence-electron chi connectivity index (χ0n) is 12.5. The van der Waals surface area contributed by atoms with Gasteiger partial charge in [-0.25, -0.2) is 10.1 Å². The molecule has 0 fully saturated rings. The van der Waals surface area contributed by atoms with E-state index >= 15 is 0 Å². The molecule has 0 aromatic carbocycles. The van der Waals surface area contributed by atoms with Crippen LogP contribution in [0.3, 0.4) is 0 Å². The largest absolute Gasteiger partial charge is 0.365 e. The fraction of sp³-hybridized carbons (Fsp3) is 0.727. The number of guanidine groups is 1. The molecule has 0 aliphatic heterocycles. The van der Waals surface area contributed by atoms with Crippen LogP contribution in [0.4, 0.5) is 0 Å². The van der Waals surface area contributed by atoms with E-state index in [9.17, 15) is 19.7 Å². The highest BCUT2D eigenvalue weighted by molar-refractivity contribution is 5.88. The maximum absolute atomic E-state index is 11.6. The summed E-state index contributed by atoms with van der Waals surface area (Å²) in [6.07, 6.45) is 0.910. The summed E-state index contributed by atoms with van der Waals surface area (Å²) in [4.78, 5) is 34.8. The van der Waals surface area contributed by atoms with Gasteiger partial charge in [0.25, 0.3) is 5.96 Å². The third-order valence-electron chi connectivity index (χ3n) is 2.45. The van der Waals surface area contributed by atoms with Gasteiger partial charge >= 0.3 is 0 Å². The number of hydrazone groups is 1. The van der Waals surface area contributed by atoms with Crippen LogP contribution in [0.25, 0.3) is 0 Å². The average molecular weight is 302 g/mol. The molecule has 0 heterocycles. The minimum absolute atomic E-state index is 0.144. The Morgan fingerprint density at radius 3 is 2.52 bits per heavy atom. The number of carbonyl (C=O) groups excluding carboxylic acids is 2. The molecule has 0 saturated carbocycles. The molecular formula is C11H22N6O4. The van der Waals surface area contributed by atoms with Gasteiger partial charge in [0.2, 0.25) is 5.91 Å². The first kappa shape index (κ1) is 18.8. The fourth-order valence-corrected chi connectivity index (χ4v) is 1.55. The molecule has 0 aromatic heterocycles. The van der Waals surface area contributed by atoms with Gasteiger partial charge in [-0.15, -0.1) is 0 Å². The van der Waals surface area contributed by atoms with Gasteiger partial charge in [-0.3, -0.25) is 9.59 Å². The first-order chi connectivity index (χ1) is 9.72. The summed E-state index contributed by atoms with van der Waals surface area (Å²) in [5, 5.41) is 17.2. The molecular weight excluding hydrogens is 280 g/mol. The van der Waals surface area contributed by atoms with Gasteiger partial charge in [-0.1, -0.05) is 0 Å². The van der Waals surface area contributed by atoms with Crippen molar-refractivity contribution < 1.29 is 14.6 Å². The van der Waals surface area contributed by atoms with E-state index in [-0.39, 0.29) is 24.2 Å². The average Bonchev–Trinajstić information content (AvgIpc) is 2.30. The maximum atomic E-state index is 11.6. The lowest BCUT2D eigenvalue weighted by atomic mass is 10.1. The van der Waals surface area contributed by atoms with Crippen LogP contribution in [-0.4, -0.2) is 60.8 Å². The lowest BCUT2D eigenvalue weighted by Crippen LogP contribution is -2.44. The summed E-state index contributed by atoms with van der Waals surface area (Å²) in [6, 6.07) is -0.576. The van der Waals surface area contributed by atoms with Crippen LogP contribution in [0, 0.1) is 10.1 Å². The number of carbonyl (C=O) groups is 2. The maximum Gasteiger partial charge on any atom is 0.266 e. The first-order valence-corrected chi connectivity index (χ1v) is 6.39. The number of rotatable bonds is 9. The number of amides is 1. The molecule has 0 rings (SSSR count). The molecule has 0 aliphatic carbocycles. The number of likely N-dealkylation sites (N-methyl/N-ethyl adjacent to an activating group) is 1. The number of Topliss-reactive ketones (excluding diaryl/α,β-unsaturated/α-hetero) is 1. The van der Waals surface area contributed by atoms with Crippen molar-refractivity contribution in [3.05, 3.63) is 10.1 Å². The Kier molecular flexibility index (Phi) is 8.62. The van der Waals surface area contributed by atoms with E-state index in [1.165, 1.54) is 6.92 Å². The Morgan fingerprint density at radius 1 is 1.43 bits per heavy atom. The zero-order chi connectivity index (χ0) is 16.4. The number of nitrogens with one attached hydrogen (secondary N) is 2. The predicted molar refractivity (Wildman–Crippen MR) is 77.0 cm³/mol. The van der Waals surface area contributed by atoms with Crippen LogP contribution in [0.5, 0.6) is 0 Å². The lowest BCUT2D eigenvalue weighted by molar-refractivity contribution is -0.485. The molecule has 0 radical (unpaired) electrons. The number of nitrogens with zero attached hydrogens (tertiary/aromatic N) is 3. The van der Waals surface area contributed by atoms with Crippen molar-refractivity contribution >= 4 is 17.6 Å². The molecule has 10 heteroatoms. The molecule has 21 heavy (non-hydrogen) atoms. The van der Waals surface area contributed by atoms with E-state index in [1.54, 1.807) is 19.0 Å². The minimum Gasteiger partial charge on any atom is -0.365 e. The molecule has 0 spiro atoms. The van der Waals surface area contributed by atoms with Crippen molar-refractivity contribution in [1.29, 1.82) is 0 Å². The third kappa shape index (κ3) is 10.2. The molecule has 120 valence electrons. The number of nitrogens with two attached hydrogens (primary N) is 1. The standard InChI is InChI=1S/C11H22N6O4/c1-8(18)9(14-10(19)7-16(2)3)5-4-6-13-11(12)15-17(20)21/h9H,4-7H2,1-3H3,(H,14,19)(H3,12,13,15)/t9-/m0/s1. The monoisotopic (exact) mass is 302 g/mol. The molecule has 1 amide bonds. The van der Waals surface area contributed by atoms with Crippen LogP contribution in [0.2, 0.25) is 0 Å². The van der Waals surface area contributed by atoms with Crippen LogP contribution >= 0.6 is 0 Å². The Bertz CT molecular complexity index is 410. The summed E-state index contributed by atoms with van der Waals surface area (Å²) in [5.74, 6) is -0.673. The van der Waals surface area contributed by atoms with E-state index < -0.39 is 11.1 Å². The SMILES string of the molecule is CC(=O)[C@H](CCCN/C(N)=N\[N+](=O)[O-])NC(=O)CN(C)C. The summed E-state index contributed by atoms with van der Waals surface area (Å²) >= 11 is 0. The van der Waals surface area contributed by atoms with Gasteiger partial charge in [-0.05, 0) is 33.9 Å². The highest BCUT2D eigenvalue weighted by atomic mass is 16.7. The number of ketones is 1. The van der Waals surface area contributed by atoms with E-state index in [0.717, 1.165) is 0 Å². The van der Waals surface area contributed by atoms with Gasteiger partial charge in [-0.2, -0.15) is 0 Å². The van der Waals surface area contributed by atoms with Crippen LogP contribution < -0.4 is 16.4 Å². The Hall–Kier alpha value is -2.23. The molecule has 0 unspecified atom stereocenters. The van der Waals surface area contributed by atoms with E-state index in [4.69, 9.17) is 5.73 Å².